The van der Waals surface area contributed by atoms with E-state index in [4.69, 9.17) is 4.74 Å². The standard InChI is InChI=1S/C18H17N5O3/c1-3-26-18-17(13(2)21-22(18)15-7-5-4-6-8-15)20-19-14-9-11-16(12-10-14)23(24)25/h4-12H,3H2,1-2H3. The van der Waals surface area contributed by atoms with Crippen LogP contribution in [-0.2, 0) is 0 Å². The molecule has 8 nitrogen and oxygen atoms in total. The van der Waals surface area contributed by atoms with E-state index in [1.807, 2.05) is 44.2 Å². The fourth-order valence-electron chi connectivity index (χ4n) is 2.37. The Morgan fingerprint density at radius 1 is 1.12 bits per heavy atom. The molecule has 0 fully saturated rings. The maximum atomic E-state index is 10.7. The Hall–Kier alpha value is -3.55. The molecule has 0 amide bonds. The first kappa shape index (κ1) is 17.3. The van der Waals surface area contributed by atoms with E-state index >= 15 is 0 Å². The molecule has 1 aromatic heterocycles. The Balaban J connectivity index is 1.96. The lowest BCUT2D eigenvalue weighted by Crippen LogP contribution is -2.02. The Bertz CT molecular complexity index is 933. The topological polar surface area (TPSA) is 94.9 Å². The highest BCUT2D eigenvalue weighted by Gasteiger charge is 2.17. The van der Waals surface area contributed by atoms with Crippen molar-refractivity contribution in [3.8, 4) is 11.6 Å². The number of aromatic nitrogens is 2. The molecule has 0 N–H and O–H groups in total. The normalized spacial score (nSPS) is 11.0. The van der Waals surface area contributed by atoms with Gasteiger partial charge in [-0.3, -0.25) is 10.1 Å². The fraction of sp³-hybridized carbons (Fsp3) is 0.167. The number of para-hydroxylation sites is 1. The molecule has 0 bridgehead atoms. The average molecular weight is 351 g/mol. The molecular formula is C18H17N5O3. The Kier molecular flexibility index (Phi) is 5.02. The molecule has 0 saturated heterocycles. The summed E-state index contributed by atoms with van der Waals surface area (Å²) in [6.07, 6.45) is 0. The third kappa shape index (κ3) is 3.59. The molecule has 0 radical (unpaired) electrons. The molecule has 1 heterocycles. The van der Waals surface area contributed by atoms with Crippen LogP contribution in [0.1, 0.15) is 12.6 Å². The second-order valence-corrected chi connectivity index (χ2v) is 5.39. The number of nitrogens with zero attached hydrogens (tertiary/aromatic N) is 5. The molecule has 0 atom stereocenters. The maximum absolute atomic E-state index is 10.7. The van der Waals surface area contributed by atoms with Gasteiger partial charge in [0.05, 0.1) is 28.6 Å². The Labute approximate surface area is 149 Å². The van der Waals surface area contributed by atoms with E-state index in [9.17, 15) is 10.1 Å². The summed E-state index contributed by atoms with van der Waals surface area (Å²) in [6.45, 7) is 4.17. The van der Waals surface area contributed by atoms with E-state index < -0.39 is 4.92 Å². The molecule has 0 aliphatic carbocycles. The average Bonchev–Trinajstić information content (AvgIpc) is 2.97. The van der Waals surface area contributed by atoms with Crippen molar-refractivity contribution in [3.05, 3.63) is 70.4 Å². The van der Waals surface area contributed by atoms with E-state index in [1.54, 1.807) is 16.8 Å². The number of aryl methyl sites for hydroxylation is 1. The first-order chi connectivity index (χ1) is 12.6. The first-order valence-corrected chi connectivity index (χ1v) is 8.04. The molecule has 0 aliphatic rings. The maximum Gasteiger partial charge on any atom is 0.269 e. The number of benzene rings is 2. The summed E-state index contributed by atoms with van der Waals surface area (Å²) in [5, 5.41) is 23.6. The molecule has 2 aromatic carbocycles. The van der Waals surface area contributed by atoms with Crippen LogP contribution >= 0.6 is 0 Å². The first-order valence-electron chi connectivity index (χ1n) is 8.04. The minimum absolute atomic E-state index is 0.00651. The largest absolute Gasteiger partial charge is 0.476 e. The number of nitro groups is 1. The number of ether oxygens (including phenoxy) is 1. The molecule has 0 aliphatic heterocycles. The van der Waals surface area contributed by atoms with Gasteiger partial charge in [0, 0.05) is 12.1 Å². The molecule has 0 unspecified atom stereocenters. The van der Waals surface area contributed by atoms with E-state index in [1.165, 1.54) is 12.1 Å². The van der Waals surface area contributed by atoms with Gasteiger partial charge in [-0.25, -0.2) is 0 Å². The van der Waals surface area contributed by atoms with E-state index in [2.05, 4.69) is 15.3 Å². The molecule has 132 valence electrons. The van der Waals surface area contributed by atoms with Gasteiger partial charge in [0.25, 0.3) is 5.69 Å². The number of nitro benzene ring substituents is 1. The van der Waals surface area contributed by atoms with Crippen molar-refractivity contribution in [2.75, 3.05) is 6.61 Å². The van der Waals surface area contributed by atoms with Crippen LogP contribution in [0.15, 0.2) is 64.8 Å². The predicted octanol–water partition coefficient (Wildman–Crippen LogP) is 4.90. The molecule has 0 spiro atoms. The van der Waals surface area contributed by atoms with Gasteiger partial charge in [-0.2, -0.15) is 14.9 Å². The van der Waals surface area contributed by atoms with Crippen molar-refractivity contribution >= 4 is 17.1 Å². The van der Waals surface area contributed by atoms with Crippen LogP contribution in [0.2, 0.25) is 0 Å². The van der Waals surface area contributed by atoms with E-state index in [-0.39, 0.29) is 5.69 Å². The van der Waals surface area contributed by atoms with Gasteiger partial charge in [0.2, 0.25) is 5.88 Å². The summed E-state index contributed by atoms with van der Waals surface area (Å²) in [5.74, 6) is 0.502. The Morgan fingerprint density at radius 3 is 2.42 bits per heavy atom. The lowest BCUT2D eigenvalue weighted by atomic mass is 10.3. The summed E-state index contributed by atoms with van der Waals surface area (Å²) in [5.41, 5.74) is 2.56. The lowest BCUT2D eigenvalue weighted by Gasteiger charge is -2.07. The van der Waals surface area contributed by atoms with Crippen LogP contribution in [0.3, 0.4) is 0 Å². The van der Waals surface area contributed by atoms with Crippen LogP contribution in [0.5, 0.6) is 5.88 Å². The van der Waals surface area contributed by atoms with Crippen LogP contribution in [0, 0.1) is 17.0 Å². The highest BCUT2D eigenvalue weighted by atomic mass is 16.6. The van der Waals surface area contributed by atoms with E-state index in [0.29, 0.717) is 29.6 Å². The van der Waals surface area contributed by atoms with Gasteiger partial charge in [-0.1, -0.05) is 18.2 Å². The van der Waals surface area contributed by atoms with Gasteiger partial charge < -0.3 is 4.74 Å². The number of hydrogen-bond acceptors (Lipinski definition) is 6. The zero-order chi connectivity index (χ0) is 18.5. The van der Waals surface area contributed by atoms with E-state index in [0.717, 1.165) is 5.69 Å². The smallest absolute Gasteiger partial charge is 0.269 e. The zero-order valence-electron chi connectivity index (χ0n) is 14.4. The molecule has 26 heavy (non-hydrogen) atoms. The van der Waals surface area contributed by atoms with Crippen molar-refractivity contribution in [2.45, 2.75) is 13.8 Å². The molecule has 3 aromatic rings. The number of hydrogen-bond donors (Lipinski definition) is 0. The second-order valence-electron chi connectivity index (χ2n) is 5.39. The second kappa shape index (κ2) is 7.56. The third-order valence-electron chi connectivity index (χ3n) is 3.60. The molecular weight excluding hydrogens is 334 g/mol. The summed E-state index contributed by atoms with van der Waals surface area (Å²) < 4.78 is 7.42. The van der Waals surface area contributed by atoms with Gasteiger partial charge in [-0.05, 0) is 38.1 Å². The molecule has 8 heteroatoms. The van der Waals surface area contributed by atoms with Gasteiger partial charge in [0.15, 0.2) is 5.69 Å². The zero-order valence-corrected chi connectivity index (χ0v) is 14.4. The number of azo groups is 1. The number of rotatable bonds is 6. The number of non-ortho nitro benzene ring substituents is 1. The SMILES string of the molecule is CCOc1c(N=Nc2ccc([N+](=O)[O-])cc2)c(C)nn1-c1ccccc1. The van der Waals surface area contributed by atoms with Crippen LogP contribution < -0.4 is 4.74 Å². The molecule has 3 rings (SSSR count). The highest BCUT2D eigenvalue weighted by Crippen LogP contribution is 2.35. The fourth-order valence-corrected chi connectivity index (χ4v) is 2.37. The summed E-state index contributed by atoms with van der Waals surface area (Å²) in [6, 6.07) is 15.5. The van der Waals surface area contributed by atoms with Crippen molar-refractivity contribution < 1.29 is 9.66 Å². The van der Waals surface area contributed by atoms with Crippen molar-refractivity contribution in [1.82, 2.24) is 9.78 Å². The molecule has 0 saturated carbocycles. The van der Waals surface area contributed by atoms with Crippen LogP contribution in [0.4, 0.5) is 17.1 Å². The van der Waals surface area contributed by atoms with Crippen molar-refractivity contribution in [2.24, 2.45) is 10.2 Å². The third-order valence-corrected chi connectivity index (χ3v) is 3.60. The van der Waals surface area contributed by atoms with Gasteiger partial charge in [-0.15, -0.1) is 5.11 Å². The predicted molar refractivity (Wildman–Crippen MR) is 96.7 cm³/mol. The Morgan fingerprint density at radius 2 is 1.81 bits per heavy atom. The van der Waals surface area contributed by atoms with Gasteiger partial charge in [0.1, 0.15) is 0 Å². The summed E-state index contributed by atoms with van der Waals surface area (Å²) in [4.78, 5) is 10.3. The summed E-state index contributed by atoms with van der Waals surface area (Å²) in [7, 11) is 0. The van der Waals surface area contributed by atoms with Crippen molar-refractivity contribution in [3.63, 3.8) is 0 Å². The van der Waals surface area contributed by atoms with Crippen molar-refractivity contribution in [1.29, 1.82) is 0 Å². The lowest BCUT2D eigenvalue weighted by molar-refractivity contribution is -0.384. The van der Waals surface area contributed by atoms with Crippen LogP contribution in [0.25, 0.3) is 5.69 Å². The quantitative estimate of drug-likeness (QED) is 0.358. The highest BCUT2D eigenvalue weighted by molar-refractivity contribution is 5.55. The summed E-state index contributed by atoms with van der Waals surface area (Å²) >= 11 is 0. The monoisotopic (exact) mass is 351 g/mol. The minimum Gasteiger partial charge on any atom is -0.476 e. The van der Waals surface area contributed by atoms with Crippen LogP contribution in [-0.4, -0.2) is 21.3 Å². The minimum atomic E-state index is -0.456. The van der Waals surface area contributed by atoms with Gasteiger partial charge >= 0.3 is 0 Å².